The van der Waals surface area contributed by atoms with E-state index in [2.05, 4.69) is 119 Å². The second-order valence-corrected chi connectivity index (χ2v) is 14.4. The molecule has 0 amide bonds. The Bertz CT molecular complexity index is 2280. The first-order valence-corrected chi connectivity index (χ1v) is 18.6. The summed E-state index contributed by atoms with van der Waals surface area (Å²) in [6, 6.07) is 39.0. The van der Waals surface area contributed by atoms with Crippen molar-refractivity contribution < 1.29 is 25.8 Å². The summed E-state index contributed by atoms with van der Waals surface area (Å²) in [5.74, 6) is 3.36. The number of benzene rings is 4. The van der Waals surface area contributed by atoms with Gasteiger partial charge in [0.15, 0.2) is 0 Å². The first-order chi connectivity index (χ1) is 24.8. The standard InChI is InChI=1S/C46H48N4O.Pt/c1-7-8-16-35-25-26-47-45(27-35)49-43-24-21-37(32(4)15-12-14-31(2)3)28-42(43)41-23-22-40(30-44(41)49)51-39-20-13-19-38(29-39)50-34(6)46(33(5)48-50)36-17-10-9-11-18-36;/h9-11,13,17-28,31-32H,7-8,12,14-16H2,1-6H3;/q-2;+2. The van der Waals surface area contributed by atoms with E-state index >= 15 is 0 Å². The third kappa shape index (κ3) is 7.81. The van der Waals surface area contributed by atoms with Crippen LogP contribution in [-0.4, -0.2) is 19.3 Å². The third-order valence-electron chi connectivity index (χ3n) is 10.1. The van der Waals surface area contributed by atoms with Crippen molar-refractivity contribution in [2.24, 2.45) is 5.92 Å². The van der Waals surface area contributed by atoms with Gasteiger partial charge in [0.05, 0.1) is 5.69 Å². The van der Waals surface area contributed by atoms with Gasteiger partial charge < -0.3 is 9.30 Å². The summed E-state index contributed by atoms with van der Waals surface area (Å²) >= 11 is 0. The smallest absolute Gasteiger partial charge is 0.509 e. The largest absolute Gasteiger partial charge is 2.00 e. The van der Waals surface area contributed by atoms with Gasteiger partial charge in [-0.2, -0.15) is 17.2 Å². The SMILES string of the molecule is CCCCc1ccnc(-n2c3[c-]c(Oc4[c-]c(-n5nc(C)c(-c6ccccc6)c5C)ccc4)ccc3c3cc(C(C)CCCC(C)C)ccc32)c1.[Pt+2]. The molecule has 3 heterocycles. The van der Waals surface area contributed by atoms with Gasteiger partial charge in [-0.25, -0.2) is 4.98 Å². The molecule has 52 heavy (non-hydrogen) atoms. The fourth-order valence-electron chi connectivity index (χ4n) is 7.30. The number of unbranched alkanes of at least 4 members (excludes halogenated alkanes) is 1. The van der Waals surface area contributed by atoms with Gasteiger partial charge in [-0.05, 0) is 90.9 Å². The van der Waals surface area contributed by atoms with E-state index in [9.17, 15) is 0 Å². The number of hydrogen-bond donors (Lipinski definition) is 0. The molecule has 0 aliphatic rings. The van der Waals surface area contributed by atoms with Gasteiger partial charge in [-0.1, -0.05) is 94.9 Å². The van der Waals surface area contributed by atoms with E-state index in [1.54, 1.807) is 0 Å². The van der Waals surface area contributed by atoms with Crippen molar-refractivity contribution in [2.75, 3.05) is 0 Å². The summed E-state index contributed by atoms with van der Waals surface area (Å²) in [6.45, 7) is 13.4. The van der Waals surface area contributed by atoms with Crippen LogP contribution >= 0.6 is 0 Å². The van der Waals surface area contributed by atoms with Crippen LogP contribution in [0.4, 0.5) is 0 Å². The molecular formula is C46H48N4OPt. The summed E-state index contributed by atoms with van der Waals surface area (Å²) in [5.41, 5.74) is 9.92. The molecule has 0 aliphatic heterocycles. The van der Waals surface area contributed by atoms with Gasteiger partial charge >= 0.3 is 21.1 Å². The molecule has 5 nitrogen and oxygen atoms in total. The van der Waals surface area contributed by atoms with Crippen molar-refractivity contribution in [2.45, 2.75) is 86.0 Å². The average molecular weight is 868 g/mol. The van der Waals surface area contributed by atoms with Gasteiger partial charge in [-0.15, -0.1) is 35.7 Å². The van der Waals surface area contributed by atoms with Crippen LogP contribution in [0.2, 0.25) is 0 Å². The minimum absolute atomic E-state index is 0. The predicted octanol–water partition coefficient (Wildman–Crippen LogP) is 12.3. The third-order valence-corrected chi connectivity index (χ3v) is 10.1. The molecule has 0 radical (unpaired) electrons. The number of ether oxygens (including phenoxy) is 1. The first-order valence-electron chi connectivity index (χ1n) is 18.6. The molecule has 0 N–H and O–H groups in total. The quantitative estimate of drug-likeness (QED) is 0.108. The van der Waals surface area contributed by atoms with Crippen LogP contribution in [-0.2, 0) is 27.5 Å². The Morgan fingerprint density at radius 1 is 0.788 bits per heavy atom. The van der Waals surface area contributed by atoms with Crippen molar-refractivity contribution in [3.8, 4) is 34.1 Å². The monoisotopic (exact) mass is 867 g/mol. The first kappa shape index (κ1) is 37.3. The Hall–Kier alpha value is -4.47. The van der Waals surface area contributed by atoms with Gasteiger partial charge in [0.2, 0.25) is 0 Å². The van der Waals surface area contributed by atoms with Gasteiger partial charge in [0.1, 0.15) is 5.82 Å². The van der Waals surface area contributed by atoms with Crippen LogP contribution in [0.25, 0.3) is 44.4 Å². The Balaban J connectivity index is 0.00000464. The normalized spacial score (nSPS) is 12.1. The molecular weight excluding hydrogens is 820 g/mol. The maximum Gasteiger partial charge on any atom is 2.00 e. The van der Waals surface area contributed by atoms with Crippen molar-refractivity contribution >= 4 is 21.8 Å². The minimum atomic E-state index is 0. The fourth-order valence-corrected chi connectivity index (χ4v) is 7.30. The average Bonchev–Trinajstić information content (AvgIpc) is 3.63. The van der Waals surface area contributed by atoms with Crippen molar-refractivity contribution in [3.05, 3.63) is 132 Å². The number of aromatic nitrogens is 4. The number of hydrogen-bond acceptors (Lipinski definition) is 3. The van der Waals surface area contributed by atoms with Gasteiger partial charge in [-0.3, -0.25) is 4.68 Å². The molecule has 6 heteroatoms. The Morgan fingerprint density at radius 3 is 2.38 bits per heavy atom. The Kier molecular flexibility index (Phi) is 11.8. The number of aryl methyl sites for hydroxylation is 2. The molecule has 1 atom stereocenters. The molecule has 0 aliphatic carbocycles. The topological polar surface area (TPSA) is 44.9 Å². The summed E-state index contributed by atoms with van der Waals surface area (Å²) in [5, 5.41) is 7.25. The second kappa shape index (κ2) is 16.5. The minimum Gasteiger partial charge on any atom is -0.509 e. The van der Waals surface area contributed by atoms with Crippen LogP contribution in [0.1, 0.15) is 88.2 Å². The summed E-state index contributed by atoms with van der Waals surface area (Å²) in [6.07, 6.45) is 8.98. The molecule has 0 fully saturated rings. The number of pyridine rings is 1. The second-order valence-electron chi connectivity index (χ2n) is 14.4. The molecule has 268 valence electrons. The molecule has 4 aromatic carbocycles. The van der Waals surface area contributed by atoms with Crippen LogP contribution in [0.5, 0.6) is 11.5 Å². The van der Waals surface area contributed by atoms with Gasteiger partial charge in [0.25, 0.3) is 0 Å². The van der Waals surface area contributed by atoms with Crippen molar-refractivity contribution in [1.82, 2.24) is 19.3 Å². The van der Waals surface area contributed by atoms with E-state index in [0.717, 1.165) is 75.6 Å². The molecule has 3 aromatic heterocycles. The summed E-state index contributed by atoms with van der Waals surface area (Å²) in [7, 11) is 0. The van der Waals surface area contributed by atoms with E-state index in [0.29, 0.717) is 17.4 Å². The van der Waals surface area contributed by atoms with Crippen molar-refractivity contribution in [1.29, 1.82) is 0 Å². The molecule has 0 spiro atoms. The van der Waals surface area contributed by atoms with Crippen LogP contribution in [0.3, 0.4) is 0 Å². The molecule has 0 saturated carbocycles. The van der Waals surface area contributed by atoms with Crippen molar-refractivity contribution in [3.63, 3.8) is 0 Å². The summed E-state index contributed by atoms with van der Waals surface area (Å²) in [4.78, 5) is 4.89. The van der Waals surface area contributed by atoms with Gasteiger partial charge in [0, 0.05) is 34.5 Å². The van der Waals surface area contributed by atoms with E-state index < -0.39 is 0 Å². The van der Waals surface area contributed by atoms with E-state index in [-0.39, 0.29) is 21.1 Å². The zero-order valence-electron chi connectivity index (χ0n) is 31.1. The molecule has 0 saturated heterocycles. The van der Waals surface area contributed by atoms with E-state index in [4.69, 9.17) is 14.8 Å². The Morgan fingerprint density at radius 2 is 1.60 bits per heavy atom. The summed E-state index contributed by atoms with van der Waals surface area (Å²) < 4.78 is 10.7. The molecule has 7 aromatic rings. The van der Waals surface area contributed by atoms with Crippen LogP contribution < -0.4 is 4.74 Å². The number of nitrogens with zero attached hydrogens (tertiary/aromatic N) is 4. The Labute approximate surface area is 323 Å². The van der Waals surface area contributed by atoms with Crippen LogP contribution in [0, 0.1) is 31.9 Å². The number of rotatable bonds is 13. The molecule has 1 unspecified atom stereocenters. The number of fused-ring (bicyclic) bond motifs is 3. The maximum atomic E-state index is 6.51. The zero-order chi connectivity index (χ0) is 35.5. The van der Waals surface area contributed by atoms with Crippen LogP contribution in [0.15, 0.2) is 97.2 Å². The maximum absolute atomic E-state index is 6.51. The zero-order valence-corrected chi connectivity index (χ0v) is 33.4. The predicted molar refractivity (Wildman–Crippen MR) is 211 cm³/mol. The molecule has 0 bridgehead atoms. The van der Waals surface area contributed by atoms with E-state index in [1.165, 1.54) is 35.8 Å². The molecule has 7 rings (SSSR count). The fraction of sp³-hybridized carbons (Fsp3) is 0.304. The van der Waals surface area contributed by atoms with E-state index in [1.807, 2.05) is 41.2 Å².